The molecule has 4 heterocycles. The first kappa shape index (κ1) is 33.6. The van der Waals surface area contributed by atoms with Gasteiger partial charge in [-0.3, -0.25) is 14.0 Å². The highest BCUT2D eigenvalue weighted by Gasteiger charge is 2.38. The Kier molecular flexibility index (Phi) is 10.8. The van der Waals surface area contributed by atoms with Crippen LogP contribution in [-0.2, 0) is 23.2 Å². The lowest BCUT2D eigenvalue weighted by Gasteiger charge is -2.35. The number of anilines is 1. The molecule has 0 spiro atoms. The quantitative estimate of drug-likeness (QED) is 0.314. The first-order valence-corrected chi connectivity index (χ1v) is 12.6. The molecule has 0 saturated carbocycles. The monoisotopic (exact) mass is 631 g/mol. The van der Waals surface area contributed by atoms with Gasteiger partial charge in [-0.1, -0.05) is 18.2 Å². The van der Waals surface area contributed by atoms with E-state index < -0.39 is 24.3 Å². The lowest BCUT2D eigenvalue weighted by molar-refractivity contribution is -0.193. The van der Waals surface area contributed by atoms with E-state index >= 15 is 0 Å². The van der Waals surface area contributed by atoms with Crippen LogP contribution in [0.5, 0.6) is 5.75 Å². The van der Waals surface area contributed by atoms with E-state index in [0.717, 1.165) is 61.2 Å². The van der Waals surface area contributed by atoms with Gasteiger partial charge in [0.2, 0.25) is 0 Å². The second-order valence-electron chi connectivity index (χ2n) is 9.17. The molecule has 3 aromatic heterocycles. The second kappa shape index (κ2) is 14.1. The highest BCUT2D eigenvalue weighted by Crippen LogP contribution is 2.26. The number of hydrogen-bond donors (Lipinski definition) is 2. The molecule has 4 aromatic rings. The molecule has 1 aliphatic heterocycles. The number of methoxy groups -OCH3 is 1. The first-order chi connectivity index (χ1) is 20.6. The Morgan fingerprint density at radius 1 is 0.932 bits per heavy atom. The topological polar surface area (TPSA) is 138 Å². The summed E-state index contributed by atoms with van der Waals surface area (Å²) in [5.74, 6) is -3.63. The second-order valence-corrected chi connectivity index (χ2v) is 9.17. The van der Waals surface area contributed by atoms with Gasteiger partial charge in [0.25, 0.3) is 0 Å². The molecule has 0 aliphatic carbocycles. The van der Waals surface area contributed by atoms with Crippen LogP contribution in [0.25, 0.3) is 16.9 Å². The molecule has 0 amide bonds. The van der Waals surface area contributed by atoms with Gasteiger partial charge in [-0.15, -0.1) is 0 Å². The van der Waals surface area contributed by atoms with Crippen molar-refractivity contribution >= 4 is 23.4 Å². The van der Waals surface area contributed by atoms with Crippen molar-refractivity contribution in [1.29, 1.82) is 0 Å². The number of alkyl halides is 6. The fourth-order valence-corrected chi connectivity index (χ4v) is 4.09. The highest BCUT2D eigenvalue weighted by molar-refractivity contribution is 5.73. The summed E-state index contributed by atoms with van der Waals surface area (Å²) >= 11 is 0. The Morgan fingerprint density at radius 2 is 1.52 bits per heavy atom. The molecular weight excluding hydrogens is 604 g/mol. The Balaban J connectivity index is 0.000000317. The number of carboxylic acid groups (broad SMARTS) is 2. The molecule has 1 fully saturated rings. The fourth-order valence-electron chi connectivity index (χ4n) is 4.09. The number of aliphatic carboxylic acids is 2. The van der Waals surface area contributed by atoms with Gasteiger partial charge >= 0.3 is 24.3 Å². The predicted octanol–water partition coefficient (Wildman–Crippen LogP) is 3.73. The lowest BCUT2D eigenvalue weighted by atomic mass is 10.1. The third-order valence-electron chi connectivity index (χ3n) is 6.15. The third-order valence-corrected chi connectivity index (χ3v) is 6.15. The van der Waals surface area contributed by atoms with E-state index in [1.807, 2.05) is 50.2 Å². The zero-order valence-electron chi connectivity index (χ0n) is 23.2. The highest BCUT2D eigenvalue weighted by atomic mass is 19.4. The summed E-state index contributed by atoms with van der Waals surface area (Å²) in [5.41, 5.74) is 4.18. The Morgan fingerprint density at radius 3 is 2.05 bits per heavy atom. The number of piperazine rings is 1. The summed E-state index contributed by atoms with van der Waals surface area (Å²) in [7, 11) is 3.65. The minimum Gasteiger partial charge on any atom is -0.496 e. The molecule has 238 valence electrons. The van der Waals surface area contributed by atoms with Gasteiger partial charge in [0, 0.05) is 69.5 Å². The molecule has 18 heteroatoms. The molecule has 0 atom stereocenters. The van der Waals surface area contributed by atoms with Crippen molar-refractivity contribution in [3.8, 4) is 17.0 Å². The van der Waals surface area contributed by atoms with Crippen molar-refractivity contribution in [2.75, 3.05) is 38.2 Å². The van der Waals surface area contributed by atoms with Gasteiger partial charge in [0.05, 0.1) is 25.2 Å². The van der Waals surface area contributed by atoms with Gasteiger partial charge in [-0.2, -0.15) is 31.4 Å². The summed E-state index contributed by atoms with van der Waals surface area (Å²) in [5, 5.41) is 18.5. The fraction of sp³-hybridized carbons (Fsp3) is 0.346. The molecule has 1 aromatic carbocycles. The van der Waals surface area contributed by atoms with E-state index in [1.165, 1.54) is 5.56 Å². The van der Waals surface area contributed by atoms with Crippen LogP contribution in [0.2, 0.25) is 0 Å². The number of ether oxygens (including phenoxy) is 1. The van der Waals surface area contributed by atoms with Crippen LogP contribution in [-0.4, -0.2) is 96.8 Å². The summed E-state index contributed by atoms with van der Waals surface area (Å²) in [6.45, 7) is 4.66. The Bertz CT molecular complexity index is 1540. The van der Waals surface area contributed by atoms with Crippen molar-refractivity contribution in [2.45, 2.75) is 18.9 Å². The minimum atomic E-state index is -5.08. The molecule has 2 N–H and O–H groups in total. The number of nitrogens with zero attached hydrogens (tertiary/aromatic N) is 7. The number of aromatic nitrogens is 5. The van der Waals surface area contributed by atoms with Crippen molar-refractivity contribution in [3.05, 3.63) is 60.8 Å². The van der Waals surface area contributed by atoms with Crippen LogP contribution in [0.4, 0.5) is 32.2 Å². The minimum absolute atomic E-state index is 0.884. The average Bonchev–Trinajstić information content (AvgIpc) is 3.59. The SMILES string of the molecule is COc1ccccc1CN1CCN(c2nccn3c(-c4cnn(C)c4)cnc23)CC1.O=C(O)C(F)(F)F.O=C(O)C(F)(F)F. The molecular formula is C26H27F6N7O5. The molecule has 44 heavy (non-hydrogen) atoms. The zero-order chi connectivity index (χ0) is 32.7. The zero-order valence-corrected chi connectivity index (χ0v) is 23.2. The number of carboxylic acids is 2. The van der Waals surface area contributed by atoms with Crippen molar-refractivity contribution in [2.24, 2.45) is 7.05 Å². The van der Waals surface area contributed by atoms with Gasteiger partial charge in [0.15, 0.2) is 11.5 Å². The molecule has 0 bridgehead atoms. The van der Waals surface area contributed by atoms with Crippen LogP contribution in [0.3, 0.4) is 0 Å². The van der Waals surface area contributed by atoms with Gasteiger partial charge < -0.3 is 19.8 Å². The standard InChI is InChI=1S/C22H25N7O.2C2HF3O2/c1-26-15-18(13-25-26)19-14-24-22-21(23-7-8-29(19)22)28-11-9-27(10-12-28)16-17-5-3-4-6-20(17)30-2;2*3-2(4,5)1(6)7/h3-8,13-15H,9-12,16H2,1-2H3;2*(H,6,7). The summed E-state index contributed by atoms with van der Waals surface area (Å²) in [6.07, 6.45) is -0.590. The summed E-state index contributed by atoms with van der Waals surface area (Å²) in [6, 6.07) is 8.24. The average molecular weight is 632 g/mol. The van der Waals surface area contributed by atoms with Crippen molar-refractivity contribution < 1.29 is 50.9 Å². The maximum absolute atomic E-state index is 10.6. The number of halogens is 6. The molecule has 12 nitrogen and oxygen atoms in total. The third kappa shape index (κ3) is 8.82. The number of rotatable bonds is 5. The van der Waals surface area contributed by atoms with E-state index in [9.17, 15) is 26.3 Å². The lowest BCUT2D eigenvalue weighted by Crippen LogP contribution is -2.46. The smallest absolute Gasteiger partial charge is 0.490 e. The predicted molar refractivity (Wildman–Crippen MR) is 143 cm³/mol. The number of fused-ring (bicyclic) bond motifs is 1. The maximum atomic E-state index is 10.6. The van der Waals surface area contributed by atoms with E-state index in [-0.39, 0.29) is 0 Å². The van der Waals surface area contributed by atoms with Gasteiger partial charge in [-0.05, 0) is 6.07 Å². The van der Waals surface area contributed by atoms with Crippen LogP contribution in [0.15, 0.2) is 55.2 Å². The van der Waals surface area contributed by atoms with E-state index in [2.05, 4.69) is 41.4 Å². The number of aryl methyl sites for hydroxylation is 1. The van der Waals surface area contributed by atoms with Crippen LogP contribution in [0, 0.1) is 0 Å². The Hall–Kier alpha value is -4.87. The van der Waals surface area contributed by atoms with Crippen LogP contribution < -0.4 is 9.64 Å². The van der Waals surface area contributed by atoms with Gasteiger partial charge in [-0.25, -0.2) is 19.6 Å². The summed E-state index contributed by atoms with van der Waals surface area (Å²) < 4.78 is 72.9. The van der Waals surface area contributed by atoms with Crippen molar-refractivity contribution in [1.82, 2.24) is 29.0 Å². The van der Waals surface area contributed by atoms with Crippen LogP contribution >= 0.6 is 0 Å². The van der Waals surface area contributed by atoms with E-state index in [0.29, 0.717) is 0 Å². The van der Waals surface area contributed by atoms with Crippen molar-refractivity contribution in [3.63, 3.8) is 0 Å². The van der Waals surface area contributed by atoms with E-state index in [4.69, 9.17) is 24.5 Å². The molecule has 1 saturated heterocycles. The molecule has 5 rings (SSSR count). The number of hydrogen-bond acceptors (Lipinski definition) is 8. The normalized spacial score (nSPS) is 13.9. The first-order valence-electron chi connectivity index (χ1n) is 12.6. The van der Waals surface area contributed by atoms with E-state index in [1.54, 1.807) is 11.8 Å². The number of carbonyl (C=O) groups is 2. The molecule has 0 radical (unpaired) electrons. The molecule has 0 unspecified atom stereocenters. The molecule has 1 aliphatic rings. The number of imidazole rings is 1. The van der Waals surface area contributed by atoms with Gasteiger partial charge in [0.1, 0.15) is 5.75 Å². The number of para-hydroxylation sites is 1. The van der Waals surface area contributed by atoms with Crippen LogP contribution in [0.1, 0.15) is 5.56 Å². The summed E-state index contributed by atoms with van der Waals surface area (Å²) in [4.78, 5) is 31.9. The maximum Gasteiger partial charge on any atom is 0.490 e. The largest absolute Gasteiger partial charge is 0.496 e. The Labute approximate surface area is 245 Å². The number of benzene rings is 1.